The van der Waals surface area contributed by atoms with Gasteiger partial charge in [0.2, 0.25) is 5.91 Å². The zero-order valence-electron chi connectivity index (χ0n) is 21.7. The number of likely N-dealkylation sites (tertiary alicyclic amines) is 2. The molecular weight excluding hydrogens is 460 g/mol. The molecule has 2 aliphatic rings. The van der Waals surface area contributed by atoms with Gasteiger partial charge in [0.1, 0.15) is 0 Å². The molecule has 6 nitrogen and oxygen atoms in total. The summed E-state index contributed by atoms with van der Waals surface area (Å²) in [4.78, 5) is 35.2. The van der Waals surface area contributed by atoms with Crippen molar-refractivity contribution < 1.29 is 9.59 Å². The van der Waals surface area contributed by atoms with Crippen LogP contribution in [0.15, 0.2) is 79.5 Å². The number of aromatic nitrogens is 1. The van der Waals surface area contributed by atoms with Crippen LogP contribution in [0.2, 0.25) is 0 Å². The second-order valence-corrected chi connectivity index (χ2v) is 10.6. The third kappa shape index (κ3) is 5.20. The molecule has 3 aromatic rings. The third-order valence-corrected chi connectivity index (χ3v) is 7.69. The van der Waals surface area contributed by atoms with Gasteiger partial charge in [-0.05, 0) is 41.5 Å². The van der Waals surface area contributed by atoms with Gasteiger partial charge >= 0.3 is 0 Å². The van der Waals surface area contributed by atoms with Gasteiger partial charge in [0, 0.05) is 64.1 Å². The summed E-state index contributed by atoms with van der Waals surface area (Å²) in [5.74, 6) is -0.00755. The van der Waals surface area contributed by atoms with Crippen molar-refractivity contribution in [2.45, 2.75) is 19.4 Å². The highest BCUT2D eigenvalue weighted by Gasteiger charge is 2.44. The first kappa shape index (κ1) is 24.9. The predicted molar refractivity (Wildman–Crippen MR) is 147 cm³/mol. The van der Waals surface area contributed by atoms with Gasteiger partial charge in [-0.15, -0.1) is 0 Å². The van der Waals surface area contributed by atoms with E-state index in [2.05, 4.69) is 47.9 Å². The molecule has 2 aliphatic heterocycles. The van der Waals surface area contributed by atoms with Gasteiger partial charge in [-0.2, -0.15) is 0 Å². The largest absolute Gasteiger partial charge is 0.345 e. The standard InChI is InChI=1S/C31H34N4O2/c1-4-28(36)35-16-14-31(15-17-35)21-34(22-31)20-23-10-12-25(13-11-23)29-27(24-8-6-5-7-9-24)18-26(19-32-29)30(37)33(2)3/h4-13,18-19H,1,14-17,20-22H2,2-3H3. The Morgan fingerprint density at radius 2 is 1.68 bits per heavy atom. The molecule has 0 radical (unpaired) electrons. The van der Waals surface area contributed by atoms with Crippen LogP contribution in [-0.4, -0.2) is 71.8 Å². The molecule has 0 saturated carbocycles. The normalized spacial score (nSPS) is 16.8. The minimum atomic E-state index is -0.0584. The van der Waals surface area contributed by atoms with E-state index in [0.29, 0.717) is 11.0 Å². The summed E-state index contributed by atoms with van der Waals surface area (Å²) < 4.78 is 0. The lowest BCUT2D eigenvalue weighted by Crippen LogP contribution is -2.60. The first-order chi connectivity index (χ1) is 17.9. The third-order valence-electron chi connectivity index (χ3n) is 7.69. The molecule has 2 amide bonds. The van der Waals surface area contributed by atoms with Crippen LogP contribution in [0.4, 0.5) is 0 Å². The van der Waals surface area contributed by atoms with E-state index >= 15 is 0 Å². The fourth-order valence-corrected chi connectivity index (χ4v) is 5.59. The molecule has 0 unspecified atom stereocenters. The van der Waals surface area contributed by atoms with Crippen molar-refractivity contribution in [3.05, 3.63) is 90.6 Å². The number of pyridine rings is 1. The number of piperidine rings is 1. The smallest absolute Gasteiger partial charge is 0.254 e. The van der Waals surface area contributed by atoms with E-state index in [1.807, 2.05) is 29.2 Å². The maximum Gasteiger partial charge on any atom is 0.254 e. The number of hydrogen-bond acceptors (Lipinski definition) is 4. The summed E-state index contributed by atoms with van der Waals surface area (Å²) in [6.07, 6.45) is 5.24. The maximum absolute atomic E-state index is 12.6. The second kappa shape index (κ2) is 10.3. The van der Waals surface area contributed by atoms with Gasteiger partial charge in [0.15, 0.2) is 0 Å². The molecule has 2 fully saturated rings. The molecule has 1 spiro atoms. The SMILES string of the molecule is C=CC(=O)N1CCC2(CC1)CN(Cc1ccc(-c3ncc(C(=O)N(C)C)cc3-c3ccccc3)cc1)C2. The second-order valence-electron chi connectivity index (χ2n) is 10.6. The molecule has 3 heterocycles. The van der Waals surface area contributed by atoms with E-state index < -0.39 is 0 Å². The van der Waals surface area contributed by atoms with Crippen LogP contribution in [0.1, 0.15) is 28.8 Å². The molecule has 6 heteroatoms. The van der Waals surface area contributed by atoms with Crippen molar-refractivity contribution in [2.75, 3.05) is 40.3 Å². The Hall–Kier alpha value is -3.77. The molecule has 1 aromatic heterocycles. The maximum atomic E-state index is 12.6. The van der Waals surface area contributed by atoms with Crippen molar-refractivity contribution >= 4 is 11.8 Å². The molecule has 0 atom stereocenters. The van der Waals surface area contributed by atoms with Gasteiger partial charge in [-0.1, -0.05) is 61.2 Å². The quantitative estimate of drug-likeness (QED) is 0.465. The highest BCUT2D eigenvalue weighted by atomic mass is 16.2. The Labute approximate surface area is 219 Å². The lowest BCUT2D eigenvalue weighted by Gasteiger charge is -2.54. The Morgan fingerprint density at radius 3 is 2.30 bits per heavy atom. The monoisotopic (exact) mass is 494 g/mol. The lowest BCUT2D eigenvalue weighted by atomic mass is 9.72. The van der Waals surface area contributed by atoms with Crippen LogP contribution in [0.25, 0.3) is 22.4 Å². The summed E-state index contributed by atoms with van der Waals surface area (Å²) in [5.41, 5.74) is 6.11. The first-order valence-corrected chi connectivity index (χ1v) is 12.9. The van der Waals surface area contributed by atoms with E-state index in [0.717, 1.165) is 67.9 Å². The van der Waals surface area contributed by atoms with E-state index in [1.165, 1.54) is 11.6 Å². The number of rotatable bonds is 6. The molecule has 37 heavy (non-hydrogen) atoms. The fraction of sp³-hybridized carbons (Fsp3) is 0.323. The summed E-state index contributed by atoms with van der Waals surface area (Å²) >= 11 is 0. The number of amides is 2. The summed E-state index contributed by atoms with van der Waals surface area (Å²) in [5, 5.41) is 0. The van der Waals surface area contributed by atoms with Gasteiger partial charge in [-0.3, -0.25) is 19.5 Å². The molecule has 5 rings (SSSR count). The van der Waals surface area contributed by atoms with Gasteiger partial charge in [0.05, 0.1) is 11.3 Å². The number of carbonyl (C=O) groups is 2. The fourth-order valence-electron chi connectivity index (χ4n) is 5.59. The molecule has 0 N–H and O–H groups in total. The van der Waals surface area contributed by atoms with Crippen molar-refractivity contribution in [1.29, 1.82) is 0 Å². The van der Waals surface area contributed by atoms with Crippen LogP contribution in [-0.2, 0) is 11.3 Å². The zero-order valence-corrected chi connectivity index (χ0v) is 21.7. The summed E-state index contributed by atoms with van der Waals surface area (Å²) in [7, 11) is 3.51. The molecule has 2 aromatic carbocycles. The lowest BCUT2D eigenvalue weighted by molar-refractivity contribution is -0.131. The van der Waals surface area contributed by atoms with E-state index in [1.54, 1.807) is 25.2 Å². The Kier molecular flexibility index (Phi) is 6.94. The van der Waals surface area contributed by atoms with Crippen LogP contribution in [0.3, 0.4) is 0 Å². The highest BCUT2D eigenvalue weighted by Crippen LogP contribution is 2.41. The van der Waals surface area contributed by atoms with Crippen LogP contribution in [0, 0.1) is 5.41 Å². The predicted octanol–water partition coefficient (Wildman–Crippen LogP) is 4.73. The molecule has 2 saturated heterocycles. The molecule has 190 valence electrons. The number of hydrogen-bond donors (Lipinski definition) is 0. The Bertz CT molecular complexity index is 1280. The summed E-state index contributed by atoms with van der Waals surface area (Å²) in [6.45, 7) is 8.38. The van der Waals surface area contributed by atoms with E-state index in [4.69, 9.17) is 4.98 Å². The number of benzene rings is 2. The van der Waals surface area contributed by atoms with Crippen molar-refractivity contribution in [2.24, 2.45) is 5.41 Å². The molecule has 0 bridgehead atoms. The topological polar surface area (TPSA) is 56.8 Å². The van der Waals surface area contributed by atoms with Gasteiger partial charge in [-0.25, -0.2) is 0 Å². The first-order valence-electron chi connectivity index (χ1n) is 12.9. The molecular formula is C31H34N4O2. The van der Waals surface area contributed by atoms with Crippen molar-refractivity contribution in [3.63, 3.8) is 0 Å². The van der Waals surface area contributed by atoms with Crippen molar-refractivity contribution in [3.8, 4) is 22.4 Å². The summed E-state index contributed by atoms with van der Waals surface area (Å²) in [6, 6.07) is 20.7. The van der Waals surface area contributed by atoms with E-state index in [9.17, 15) is 9.59 Å². The average Bonchev–Trinajstić information content (AvgIpc) is 2.92. The number of carbonyl (C=O) groups excluding carboxylic acids is 2. The minimum Gasteiger partial charge on any atom is -0.345 e. The van der Waals surface area contributed by atoms with E-state index in [-0.39, 0.29) is 11.8 Å². The minimum absolute atomic E-state index is 0.0509. The van der Waals surface area contributed by atoms with Crippen LogP contribution >= 0.6 is 0 Å². The van der Waals surface area contributed by atoms with Crippen LogP contribution < -0.4 is 0 Å². The van der Waals surface area contributed by atoms with Crippen molar-refractivity contribution in [1.82, 2.24) is 19.7 Å². The Morgan fingerprint density at radius 1 is 1.00 bits per heavy atom. The van der Waals surface area contributed by atoms with Gasteiger partial charge < -0.3 is 9.80 Å². The Balaban J connectivity index is 1.28. The number of nitrogens with zero attached hydrogens (tertiary/aromatic N) is 4. The average molecular weight is 495 g/mol. The van der Waals surface area contributed by atoms with Gasteiger partial charge in [0.25, 0.3) is 5.91 Å². The zero-order chi connectivity index (χ0) is 26.0. The van der Waals surface area contributed by atoms with Crippen LogP contribution in [0.5, 0.6) is 0 Å². The molecule has 0 aliphatic carbocycles. The highest BCUT2D eigenvalue weighted by molar-refractivity contribution is 5.96.